The van der Waals surface area contributed by atoms with Gasteiger partial charge in [0.15, 0.2) is 15.0 Å². The van der Waals surface area contributed by atoms with Crippen LogP contribution in [0.4, 0.5) is 5.13 Å². The standard InChI is InChI=1S/C24H30ClN3O3S2/c1-5-27(6-2)14-15-28(24-26-23-18(4)20(25)11-12-21(23)32-24)22(29)13-16-33(30,31)19-9-7-17(3)8-10-19/h7-12H,5-6,13-16H2,1-4H3. The molecule has 6 nitrogen and oxygen atoms in total. The van der Waals surface area contributed by atoms with E-state index in [0.29, 0.717) is 23.2 Å². The van der Waals surface area contributed by atoms with Crippen molar-refractivity contribution in [3.63, 3.8) is 0 Å². The maximum absolute atomic E-state index is 13.3. The molecule has 0 radical (unpaired) electrons. The Bertz CT molecular complexity index is 1220. The number of rotatable bonds is 10. The van der Waals surface area contributed by atoms with Crippen LogP contribution in [0.5, 0.6) is 0 Å². The molecule has 0 aliphatic rings. The van der Waals surface area contributed by atoms with Crippen molar-refractivity contribution in [2.24, 2.45) is 0 Å². The highest BCUT2D eigenvalue weighted by atomic mass is 35.5. The molecule has 0 fully saturated rings. The van der Waals surface area contributed by atoms with Crippen molar-refractivity contribution in [2.75, 3.05) is 36.8 Å². The molecule has 0 saturated heterocycles. The average Bonchev–Trinajstić information content (AvgIpc) is 3.23. The minimum Gasteiger partial charge on any atom is -0.302 e. The summed E-state index contributed by atoms with van der Waals surface area (Å²) >= 11 is 7.68. The molecule has 33 heavy (non-hydrogen) atoms. The highest BCUT2D eigenvalue weighted by molar-refractivity contribution is 7.91. The number of thiazole rings is 1. The molecular formula is C24H30ClN3O3S2. The van der Waals surface area contributed by atoms with E-state index in [9.17, 15) is 13.2 Å². The van der Waals surface area contributed by atoms with Crippen molar-refractivity contribution in [2.45, 2.75) is 39.0 Å². The van der Waals surface area contributed by atoms with Gasteiger partial charge in [0, 0.05) is 24.5 Å². The maximum atomic E-state index is 13.3. The van der Waals surface area contributed by atoms with E-state index >= 15 is 0 Å². The third-order valence-corrected chi connectivity index (χ3v) is 8.95. The SMILES string of the molecule is CCN(CC)CCN(C(=O)CCS(=O)(=O)c1ccc(C)cc1)c1nc2c(C)c(Cl)ccc2s1. The summed E-state index contributed by atoms with van der Waals surface area (Å²) in [6, 6.07) is 10.4. The number of halogens is 1. The minimum atomic E-state index is -3.56. The summed E-state index contributed by atoms with van der Waals surface area (Å²) in [5.41, 5.74) is 2.63. The van der Waals surface area contributed by atoms with E-state index in [1.165, 1.54) is 11.3 Å². The Hall–Kier alpha value is -2.00. The van der Waals surface area contributed by atoms with E-state index in [0.717, 1.165) is 34.4 Å². The number of carbonyl (C=O) groups is 1. The average molecular weight is 508 g/mol. The van der Waals surface area contributed by atoms with Crippen LogP contribution in [0.25, 0.3) is 10.2 Å². The fourth-order valence-electron chi connectivity index (χ4n) is 3.53. The monoisotopic (exact) mass is 507 g/mol. The molecule has 0 N–H and O–H groups in total. The van der Waals surface area contributed by atoms with E-state index in [2.05, 4.69) is 18.7 Å². The molecule has 2 aromatic carbocycles. The lowest BCUT2D eigenvalue weighted by Crippen LogP contribution is -2.39. The van der Waals surface area contributed by atoms with Gasteiger partial charge in [0.05, 0.1) is 20.9 Å². The first-order valence-electron chi connectivity index (χ1n) is 11.0. The zero-order chi connectivity index (χ0) is 24.2. The smallest absolute Gasteiger partial charge is 0.229 e. The third kappa shape index (κ3) is 6.12. The quantitative estimate of drug-likeness (QED) is 0.381. The molecule has 3 aromatic rings. The first-order valence-corrected chi connectivity index (χ1v) is 13.9. The Morgan fingerprint density at radius 1 is 1.03 bits per heavy atom. The molecule has 0 unspecified atom stereocenters. The Labute approximate surface area is 205 Å². The second kappa shape index (κ2) is 11.0. The minimum absolute atomic E-state index is 0.107. The van der Waals surface area contributed by atoms with Crippen molar-refractivity contribution in [3.05, 3.63) is 52.5 Å². The van der Waals surface area contributed by atoms with Crippen LogP contribution in [0, 0.1) is 13.8 Å². The number of fused-ring (bicyclic) bond motifs is 1. The normalized spacial score (nSPS) is 11.9. The van der Waals surface area contributed by atoms with Crippen molar-refractivity contribution < 1.29 is 13.2 Å². The fraction of sp³-hybridized carbons (Fsp3) is 0.417. The number of hydrogen-bond acceptors (Lipinski definition) is 6. The highest BCUT2D eigenvalue weighted by Gasteiger charge is 2.24. The van der Waals surface area contributed by atoms with Gasteiger partial charge in [0.2, 0.25) is 5.91 Å². The number of sulfone groups is 1. The van der Waals surface area contributed by atoms with Gasteiger partial charge in [-0.2, -0.15) is 0 Å². The lowest BCUT2D eigenvalue weighted by Gasteiger charge is -2.24. The zero-order valence-corrected chi connectivity index (χ0v) is 21.9. The summed E-state index contributed by atoms with van der Waals surface area (Å²) in [5, 5.41) is 1.20. The molecule has 0 aliphatic carbocycles. The number of nitrogens with zero attached hydrogens (tertiary/aromatic N) is 3. The van der Waals surface area contributed by atoms with E-state index in [-0.39, 0.29) is 23.0 Å². The fourth-order valence-corrected chi connectivity index (χ4v) is 5.98. The van der Waals surface area contributed by atoms with Crippen LogP contribution in [0.1, 0.15) is 31.4 Å². The first-order chi connectivity index (χ1) is 15.7. The lowest BCUT2D eigenvalue weighted by molar-refractivity contribution is -0.118. The second-order valence-electron chi connectivity index (χ2n) is 7.97. The van der Waals surface area contributed by atoms with Crippen molar-refractivity contribution in [3.8, 4) is 0 Å². The number of amides is 1. The second-order valence-corrected chi connectivity index (χ2v) is 11.5. The van der Waals surface area contributed by atoms with Crippen LogP contribution in [0.15, 0.2) is 41.3 Å². The number of carbonyl (C=O) groups excluding carboxylic acids is 1. The van der Waals surface area contributed by atoms with Crippen molar-refractivity contribution in [1.29, 1.82) is 0 Å². The number of hydrogen-bond donors (Lipinski definition) is 0. The topological polar surface area (TPSA) is 70.6 Å². The van der Waals surface area contributed by atoms with Crippen LogP contribution in [0.2, 0.25) is 5.02 Å². The number of aryl methyl sites for hydroxylation is 2. The molecule has 0 aliphatic heterocycles. The molecule has 9 heteroatoms. The predicted octanol–water partition coefficient (Wildman–Crippen LogP) is 5.11. The number of aromatic nitrogens is 1. The van der Waals surface area contributed by atoms with Gasteiger partial charge < -0.3 is 4.90 Å². The highest BCUT2D eigenvalue weighted by Crippen LogP contribution is 2.34. The third-order valence-electron chi connectivity index (χ3n) is 5.77. The van der Waals surface area contributed by atoms with E-state index in [4.69, 9.17) is 16.6 Å². The van der Waals surface area contributed by atoms with Crippen LogP contribution in [-0.2, 0) is 14.6 Å². The molecule has 178 valence electrons. The molecule has 1 amide bonds. The Morgan fingerprint density at radius 3 is 2.33 bits per heavy atom. The van der Waals surface area contributed by atoms with Gasteiger partial charge in [0.25, 0.3) is 0 Å². The number of likely N-dealkylation sites (N-methyl/N-ethyl adjacent to an activating group) is 1. The van der Waals surface area contributed by atoms with Gasteiger partial charge in [-0.3, -0.25) is 9.69 Å². The summed E-state index contributed by atoms with van der Waals surface area (Å²) in [6.07, 6.45) is -0.107. The summed E-state index contributed by atoms with van der Waals surface area (Å²) in [5.74, 6) is -0.493. The van der Waals surface area contributed by atoms with Gasteiger partial charge in [-0.05, 0) is 56.8 Å². The van der Waals surface area contributed by atoms with Gasteiger partial charge >= 0.3 is 0 Å². The van der Waals surface area contributed by atoms with Crippen LogP contribution in [0.3, 0.4) is 0 Å². The van der Waals surface area contributed by atoms with E-state index < -0.39 is 9.84 Å². The number of benzene rings is 2. The first kappa shape index (κ1) is 25.6. The van der Waals surface area contributed by atoms with Gasteiger partial charge in [-0.15, -0.1) is 0 Å². The zero-order valence-electron chi connectivity index (χ0n) is 19.5. The van der Waals surface area contributed by atoms with Gasteiger partial charge in [0.1, 0.15) is 0 Å². The summed E-state index contributed by atoms with van der Waals surface area (Å²) < 4.78 is 26.5. The van der Waals surface area contributed by atoms with Crippen molar-refractivity contribution in [1.82, 2.24) is 9.88 Å². The molecular weight excluding hydrogens is 478 g/mol. The van der Waals surface area contributed by atoms with Gasteiger partial charge in [-0.25, -0.2) is 13.4 Å². The molecule has 1 heterocycles. The van der Waals surface area contributed by atoms with Crippen LogP contribution >= 0.6 is 22.9 Å². The van der Waals surface area contributed by atoms with E-state index in [1.54, 1.807) is 29.2 Å². The van der Waals surface area contributed by atoms with Gasteiger partial charge in [-0.1, -0.05) is 54.5 Å². The number of anilines is 1. The van der Waals surface area contributed by atoms with E-state index in [1.807, 2.05) is 26.0 Å². The Balaban J connectivity index is 1.85. The Morgan fingerprint density at radius 2 is 1.70 bits per heavy atom. The molecule has 3 rings (SSSR count). The van der Waals surface area contributed by atoms with Crippen LogP contribution < -0.4 is 4.90 Å². The van der Waals surface area contributed by atoms with Crippen LogP contribution in [-0.4, -0.2) is 56.1 Å². The summed E-state index contributed by atoms with van der Waals surface area (Å²) in [4.78, 5) is 22.1. The van der Waals surface area contributed by atoms with Crippen molar-refractivity contribution >= 4 is 54.0 Å². The maximum Gasteiger partial charge on any atom is 0.229 e. The molecule has 0 saturated carbocycles. The largest absolute Gasteiger partial charge is 0.302 e. The lowest BCUT2D eigenvalue weighted by atomic mass is 10.2. The summed E-state index contributed by atoms with van der Waals surface area (Å²) in [7, 11) is -3.56. The molecule has 1 aromatic heterocycles. The predicted molar refractivity (Wildman–Crippen MR) is 137 cm³/mol. The summed E-state index contributed by atoms with van der Waals surface area (Å²) in [6.45, 7) is 10.8. The molecule has 0 atom stereocenters. The molecule has 0 spiro atoms. The molecule has 0 bridgehead atoms. The Kier molecular flexibility index (Phi) is 8.50.